The van der Waals surface area contributed by atoms with Crippen LogP contribution in [0.15, 0.2) is 78.4 Å². The third-order valence-corrected chi connectivity index (χ3v) is 6.50. The Morgan fingerprint density at radius 1 is 0.973 bits per heavy atom. The van der Waals surface area contributed by atoms with E-state index in [-0.39, 0.29) is 23.3 Å². The average molecular weight is 500 g/mol. The van der Waals surface area contributed by atoms with Crippen LogP contribution >= 0.6 is 0 Å². The molecular weight excluding hydrogens is 466 g/mol. The second kappa shape index (κ2) is 10.5. The number of carbonyl (C=O) groups excluding carboxylic acids is 2. The lowest BCUT2D eigenvalue weighted by Gasteiger charge is -2.26. The molecule has 6 nitrogen and oxygen atoms in total. The van der Waals surface area contributed by atoms with Gasteiger partial charge in [0, 0.05) is 17.7 Å². The second-order valence-corrected chi connectivity index (χ2v) is 10.1. The molecule has 1 N–H and O–H groups in total. The van der Waals surface area contributed by atoms with Crippen LogP contribution in [0, 0.1) is 0 Å². The number of ether oxygens (including phenoxy) is 2. The lowest BCUT2D eigenvalue weighted by Crippen LogP contribution is -2.29. The Morgan fingerprint density at radius 3 is 2.35 bits per heavy atom. The highest BCUT2D eigenvalue weighted by atomic mass is 16.5. The molecule has 1 saturated heterocycles. The van der Waals surface area contributed by atoms with Crippen LogP contribution in [0.3, 0.4) is 0 Å². The van der Waals surface area contributed by atoms with Gasteiger partial charge in [0.15, 0.2) is 0 Å². The highest BCUT2D eigenvalue weighted by Crippen LogP contribution is 2.41. The molecule has 4 rings (SSSR count). The first-order valence-electron chi connectivity index (χ1n) is 12.4. The van der Waals surface area contributed by atoms with Crippen LogP contribution in [0.25, 0.3) is 5.76 Å². The van der Waals surface area contributed by atoms with E-state index in [1.807, 2.05) is 73.7 Å². The molecule has 1 unspecified atom stereocenters. The number of methoxy groups -OCH3 is 1. The van der Waals surface area contributed by atoms with E-state index in [2.05, 4.69) is 20.8 Å². The SMILES string of the molecule is CCOc1ccc(/C(O)=C2/C(=O)C(=O)N(Cc3cccc(OC)c3)C2c2ccccc2)cc1C(C)(C)C. The number of amides is 1. The molecule has 0 aliphatic carbocycles. The number of nitrogens with zero attached hydrogens (tertiary/aromatic N) is 1. The van der Waals surface area contributed by atoms with E-state index in [0.717, 1.165) is 22.4 Å². The van der Waals surface area contributed by atoms with Gasteiger partial charge < -0.3 is 19.5 Å². The van der Waals surface area contributed by atoms with Gasteiger partial charge in [0.05, 0.1) is 25.3 Å². The Labute approximate surface area is 218 Å². The molecule has 6 heteroatoms. The summed E-state index contributed by atoms with van der Waals surface area (Å²) in [6.07, 6.45) is 0. The molecule has 192 valence electrons. The van der Waals surface area contributed by atoms with Crippen molar-refractivity contribution in [2.75, 3.05) is 13.7 Å². The van der Waals surface area contributed by atoms with E-state index in [4.69, 9.17) is 9.47 Å². The van der Waals surface area contributed by atoms with Crippen molar-refractivity contribution in [1.29, 1.82) is 0 Å². The second-order valence-electron chi connectivity index (χ2n) is 10.1. The largest absolute Gasteiger partial charge is 0.507 e. The van der Waals surface area contributed by atoms with Crippen molar-refractivity contribution in [2.45, 2.75) is 45.7 Å². The minimum Gasteiger partial charge on any atom is -0.507 e. The number of benzene rings is 3. The monoisotopic (exact) mass is 499 g/mol. The molecule has 0 spiro atoms. The predicted octanol–water partition coefficient (Wildman–Crippen LogP) is 6.01. The highest BCUT2D eigenvalue weighted by Gasteiger charge is 2.46. The number of rotatable bonds is 7. The fourth-order valence-corrected chi connectivity index (χ4v) is 4.69. The topological polar surface area (TPSA) is 76.1 Å². The molecule has 1 heterocycles. The third kappa shape index (κ3) is 5.24. The van der Waals surface area contributed by atoms with Crippen LogP contribution in [0.4, 0.5) is 0 Å². The summed E-state index contributed by atoms with van der Waals surface area (Å²) in [5, 5.41) is 11.5. The van der Waals surface area contributed by atoms with Crippen molar-refractivity contribution in [2.24, 2.45) is 0 Å². The molecule has 1 amide bonds. The molecule has 1 fully saturated rings. The van der Waals surface area contributed by atoms with Gasteiger partial charge in [-0.15, -0.1) is 0 Å². The van der Waals surface area contributed by atoms with Crippen molar-refractivity contribution in [3.8, 4) is 11.5 Å². The molecular formula is C31H33NO5. The van der Waals surface area contributed by atoms with Crippen molar-refractivity contribution < 1.29 is 24.2 Å². The molecule has 1 aliphatic heterocycles. The maximum absolute atomic E-state index is 13.4. The first kappa shape index (κ1) is 26.0. The molecule has 3 aromatic carbocycles. The number of aliphatic hydroxyl groups excluding tert-OH is 1. The maximum Gasteiger partial charge on any atom is 0.295 e. The van der Waals surface area contributed by atoms with Crippen LogP contribution in [0.1, 0.15) is 56.0 Å². The van der Waals surface area contributed by atoms with Gasteiger partial charge in [-0.2, -0.15) is 0 Å². The van der Waals surface area contributed by atoms with Crippen molar-refractivity contribution in [1.82, 2.24) is 4.90 Å². The van der Waals surface area contributed by atoms with Crippen molar-refractivity contribution in [3.05, 3.63) is 101 Å². The third-order valence-electron chi connectivity index (χ3n) is 6.50. The zero-order valence-corrected chi connectivity index (χ0v) is 21.9. The molecule has 0 aromatic heterocycles. The zero-order valence-electron chi connectivity index (χ0n) is 21.9. The van der Waals surface area contributed by atoms with E-state index in [1.54, 1.807) is 13.2 Å². The highest BCUT2D eigenvalue weighted by molar-refractivity contribution is 6.46. The minimum absolute atomic E-state index is 0.0723. The lowest BCUT2D eigenvalue weighted by atomic mass is 9.84. The Balaban J connectivity index is 1.86. The van der Waals surface area contributed by atoms with Gasteiger partial charge in [-0.05, 0) is 53.8 Å². The molecule has 0 radical (unpaired) electrons. The van der Waals surface area contributed by atoms with Gasteiger partial charge in [0.1, 0.15) is 17.3 Å². The predicted molar refractivity (Wildman–Crippen MR) is 144 cm³/mol. The molecule has 0 saturated carbocycles. The quantitative estimate of drug-likeness (QED) is 0.245. The van der Waals surface area contributed by atoms with E-state index in [0.29, 0.717) is 17.9 Å². The molecule has 0 bridgehead atoms. The van der Waals surface area contributed by atoms with Crippen LogP contribution < -0.4 is 9.47 Å². The number of carbonyl (C=O) groups is 2. The number of likely N-dealkylation sites (tertiary alicyclic amines) is 1. The summed E-state index contributed by atoms with van der Waals surface area (Å²) in [5.74, 6) is -0.173. The van der Waals surface area contributed by atoms with Gasteiger partial charge in [-0.1, -0.05) is 63.2 Å². The van der Waals surface area contributed by atoms with Gasteiger partial charge >= 0.3 is 0 Å². The lowest BCUT2D eigenvalue weighted by molar-refractivity contribution is -0.140. The number of Topliss-reactive ketones (excluding diaryl/α,β-unsaturated/α-hetero) is 1. The Kier molecular flexibility index (Phi) is 7.39. The number of hydrogen-bond donors (Lipinski definition) is 1. The van der Waals surface area contributed by atoms with E-state index in [9.17, 15) is 14.7 Å². The minimum atomic E-state index is -0.739. The Morgan fingerprint density at radius 2 is 1.70 bits per heavy atom. The first-order chi connectivity index (χ1) is 17.7. The first-order valence-corrected chi connectivity index (χ1v) is 12.4. The summed E-state index contributed by atoms with van der Waals surface area (Å²) in [7, 11) is 1.58. The molecule has 3 aromatic rings. The van der Waals surface area contributed by atoms with Gasteiger partial charge in [0.2, 0.25) is 0 Å². The van der Waals surface area contributed by atoms with Crippen LogP contribution in [-0.4, -0.2) is 35.4 Å². The summed E-state index contributed by atoms with van der Waals surface area (Å²) < 4.78 is 11.1. The van der Waals surface area contributed by atoms with E-state index < -0.39 is 17.7 Å². The molecule has 1 atom stereocenters. The summed E-state index contributed by atoms with van der Waals surface area (Å²) in [6.45, 7) is 8.81. The van der Waals surface area contributed by atoms with Gasteiger partial charge in [-0.3, -0.25) is 9.59 Å². The Bertz CT molecular complexity index is 1340. The van der Waals surface area contributed by atoms with E-state index >= 15 is 0 Å². The zero-order chi connectivity index (χ0) is 26.7. The van der Waals surface area contributed by atoms with Gasteiger partial charge in [-0.25, -0.2) is 0 Å². The summed E-state index contributed by atoms with van der Waals surface area (Å²) in [6, 6.07) is 21.3. The summed E-state index contributed by atoms with van der Waals surface area (Å²) in [5.41, 5.74) is 2.74. The van der Waals surface area contributed by atoms with Crippen LogP contribution in [0.5, 0.6) is 11.5 Å². The average Bonchev–Trinajstić information content (AvgIpc) is 3.13. The summed E-state index contributed by atoms with van der Waals surface area (Å²) in [4.78, 5) is 28.3. The number of hydrogen-bond acceptors (Lipinski definition) is 5. The fraction of sp³-hybridized carbons (Fsp3) is 0.290. The fourth-order valence-electron chi connectivity index (χ4n) is 4.69. The molecule has 37 heavy (non-hydrogen) atoms. The smallest absolute Gasteiger partial charge is 0.295 e. The summed E-state index contributed by atoms with van der Waals surface area (Å²) >= 11 is 0. The van der Waals surface area contributed by atoms with Crippen molar-refractivity contribution in [3.63, 3.8) is 0 Å². The standard InChI is InChI=1S/C31H33NO5/c1-6-37-25-16-15-22(18-24(25)31(2,3)4)28(33)26-27(21-12-8-7-9-13-21)32(30(35)29(26)34)19-20-11-10-14-23(17-20)36-5/h7-18,27,33H,6,19H2,1-5H3/b28-26-. The van der Waals surface area contributed by atoms with E-state index in [1.165, 1.54) is 4.90 Å². The van der Waals surface area contributed by atoms with Crippen LogP contribution in [0.2, 0.25) is 0 Å². The maximum atomic E-state index is 13.4. The van der Waals surface area contributed by atoms with Crippen LogP contribution in [-0.2, 0) is 21.5 Å². The van der Waals surface area contributed by atoms with Crippen molar-refractivity contribution >= 4 is 17.4 Å². The number of ketones is 1. The van der Waals surface area contributed by atoms with Gasteiger partial charge in [0.25, 0.3) is 11.7 Å². The normalized spacial score (nSPS) is 17.2. The Hall–Kier alpha value is -4.06. The number of aliphatic hydroxyl groups is 1. The molecule has 1 aliphatic rings.